The second-order valence-electron chi connectivity index (χ2n) is 6.06. The molecule has 0 aromatic rings. The summed E-state index contributed by atoms with van der Waals surface area (Å²) in [5.41, 5.74) is 0.264. The lowest BCUT2D eigenvalue weighted by Crippen LogP contribution is -2.33. The molecule has 1 rings (SSSR count). The van der Waals surface area contributed by atoms with E-state index in [0.717, 1.165) is 19.3 Å². The first-order valence-electron chi connectivity index (χ1n) is 7.10. The third-order valence-corrected chi connectivity index (χ3v) is 4.17. The van der Waals surface area contributed by atoms with E-state index in [9.17, 15) is 4.79 Å². The van der Waals surface area contributed by atoms with Gasteiger partial charge in [0, 0.05) is 12.3 Å². The van der Waals surface area contributed by atoms with Crippen molar-refractivity contribution >= 4 is 5.78 Å². The lowest BCUT2D eigenvalue weighted by molar-refractivity contribution is -0.128. The normalized spacial score (nSPS) is 24.3. The van der Waals surface area contributed by atoms with Gasteiger partial charge in [0.2, 0.25) is 0 Å². The van der Waals surface area contributed by atoms with Gasteiger partial charge < -0.3 is 0 Å². The number of hydrogen-bond acceptors (Lipinski definition) is 1. The zero-order valence-corrected chi connectivity index (χ0v) is 11.3. The first-order chi connectivity index (χ1) is 7.58. The summed E-state index contributed by atoms with van der Waals surface area (Å²) in [6.45, 7) is 6.77. The average molecular weight is 224 g/mol. The molecule has 0 aromatic carbocycles. The Hall–Kier alpha value is -0.330. The maximum Gasteiger partial charge on any atom is 0.136 e. The van der Waals surface area contributed by atoms with Gasteiger partial charge in [-0.3, -0.25) is 4.79 Å². The Morgan fingerprint density at radius 2 is 1.94 bits per heavy atom. The van der Waals surface area contributed by atoms with E-state index >= 15 is 0 Å². The lowest BCUT2D eigenvalue weighted by Gasteiger charge is -2.37. The van der Waals surface area contributed by atoms with Gasteiger partial charge in [0.1, 0.15) is 5.78 Å². The number of Topliss-reactive ketones (excluding diaryl/α,β-unsaturated/α-hetero) is 1. The van der Waals surface area contributed by atoms with Crippen LogP contribution in [0.2, 0.25) is 0 Å². The predicted molar refractivity (Wildman–Crippen MR) is 69.5 cm³/mol. The maximum atomic E-state index is 12.2. The van der Waals surface area contributed by atoms with Crippen molar-refractivity contribution in [3.63, 3.8) is 0 Å². The van der Waals surface area contributed by atoms with Crippen LogP contribution in [0.4, 0.5) is 0 Å². The van der Waals surface area contributed by atoms with Gasteiger partial charge in [-0.1, -0.05) is 52.9 Å². The highest BCUT2D eigenvalue weighted by molar-refractivity contribution is 5.81. The molecule has 1 atom stereocenters. The first kappa shape index (κ1) is 13.7. The van der Waals surface area contributed by atoms with Crippen molar-refractivity contribution in [2.24, 2.45) is 11.3 Å². The molecule has 1 nitrogen and oxygen atoms in total. The quantitative estimate of drug-likeness (QED) is 0.595. The van der Waals surface area contributed by atoms with Crippen LogP contribution in [0.15, 0.2) is 0 Å². The Morgan fingerprint density at radius 3 is 2.56 bits per heavy atom. The molecule has 1 saturated carbocycles. The smallest absolute Gasteiger partial charge is 0.136 e. The van der Waals surface area contributed by atoms with E-state index in [2.05, 4.69) is 20.8 Å². The molecule has 1 aliphatic rings. The number of ketones is 1. The van der Waals surface area contributed by atoms with E-state index < -0.39 is 0 Å². The minimum atomic E-state index is 0.264. The number of carbonyl (C=O) groups excluding carboxylic acids is 1. The number of unbranched alkanes of at least 4 members (excludes halogenated alkanes) is 3. The van der Waals surface area contributed by atoms with Crippen molar-refractivity contribution in [3.05, 3.63) is 0 Å². The summed E-state index contributed by atoms with van der Waals surface area (Å²) in [6.07, 6.45) is 10.6. The molecule has 94 valence electrons. The molecule has 0 aliphatic heterocycles. The molecular weight excluding hydrogens is 196 g/mol. The van der Waals surface area contributed by atoms with Crippen LogP contribution in [0.25, 0.3) is 0 Å². The van der Waals surface area contributed by atoms with Gasteiger partial charge >= 0.3 is 0 Å². The third-order valence-electron chi connectivity index (χ3n) is 4.17. The van der Waals surface area contributed by atoms with Crippen LogP contribution in [-0.4, -0.2) is 5.78 Å². The van der Waals surface area contributed by atoms with E-state index in [1.165, 1.54) is 38.5 Å². The molecule has 0 spiro atoms. The van der Waals surface area contributed by atoms with Crippen LogP contribution in [0.5, 0.6) is 0 Å². The molecular formula is C15H28O. The standard InChI is InChI=1S/C15H28O/c1-4-5-6-7-11-14(16)13-10-8-9-12-15(13,2)3/h13H,4-12H2,1-3H3. The van der Waals surface area contributed by atoms with Crippen LogP contribution in [0, 0.1) is 11.3 Å². The molecule has 0 aromatic heterocycles. The first-order valence-corrected chi connectivity index (χ1v) is 7.10. The van der Waals surface area contributed by atoms with Crippen LogP contribution < -0.4 is 0 Å². The summed E-state index contributed by atoms with van der Waals surface area (Å²) in [7, 11) is 0. The number of carbonyl (C=O) groups is 1. The summed E-state index contributed by atoms with van der Waals surface area (Å²) < 4.78 is 0. The molecule has 0 N–H and O–H groups in total. The maximum absolute atomic E-state index is 12.2. The third kappa shape index (κ3) is 3.92. The summed E-state index contributed by atoms with van der Waals surface area (Å²) >= 11 is 0. The summed E-state index contributed by atoms with van der Waals surface area (Å²) in [4.78, 5) is 12.2. The molecule has 1 fully saturated rings. The van der Waals surface area contributed by atoms with E-state index in [0.29, 0.717) is 11.7 Å². The highest BCUT2D eigenvalue weighted by Gasteiger charge is 2.36. The van der Waals surface area contributed by atoms with Crippen LogP contribution >= 0.6 is 0 Å². The van der Waals surface area contributed by atoms with Crippen LogP contribution in [-0.2, 0) is 4.79 Å². The van der Waals surface area contributed by atoms with Crippen molar-refractivity contribution in [1.29, 1.82) is 0 Å². The van der Waals surface area contributed by atoms with E-state index in [4.69, 9.17) is 0 Å². The zero-order chi connectivity index (χ0) is 12.0. The van der Waals surface area contributed by atoms with Gasteiger partial charge in [-0.05, 0) is 24.7 Å². The van der Waals surface area contributed by atoms with Crippen molar-refractivity contribution in [2.45, 2.75) is 78.6 Å². The summed E-state index contributed by atoms with van der Waals surface area (Å²) in [6, 6.07) is 0. The topological polar surface area (TPSA) is 17.1 Å². The van der Waals surface area contributed by atoms with Crippen molar-refractivity contribution in [3.8, 4) is 0 Å². The minimum absolute atomic E-state index is 0.264. The zero-order valence-electron chi connectivity index (χ0n) is 11.3. The minimum Gasteiger partial charge on any atom is -0.299 e. The molecule has 0 heterocycles. The van der Waals surface area contributed by atoms with Gasteiger partial charge in [0.05, 0.1) is 0 Å². The fraction of sp³-hybridized carbons (Fsp3) is 0.933. The Bertz CT molecular complexity index is 217. The lowest BCUT2D eigenvalue weighted by atomic mass is 9.66. The Labute approximate surface area is 101 Å². The number of hydrogen-bond donors (Lipinski definition) is 0. The van der Waals surface area contributed by atoms with Gasteiger partial charge in [-0.15, -0.1) is 0 Å². The molecule has 1 heteroatoms. The molecule has 1 aliphatic carbocycles. The highest BCUT2D eigenvalue weighted by atomic mass is 16.1. The van der Waals surface area contributed by atoms with E-state index in [-0.39, 0.29) is 5.41 Å². The van der Waals surface area contributed by atoms with Gasteiger partial charge in [-0.2, -0.15) is 0 Å². The fourth-order valence-corrected chi connectivity index (χ4v) is 2.99. The SMILES string of the molecule is CCCCCCC(=O)C1CCCCC1(C)C. The van der Waals surface area contributed by atoms with Crippen molar-refractivity contribution in [2.75, 3.05) is 0 Å². The van der Waals surface area contributed by atoms with Gasteiger partial charge in [0.15, 0.2) is 0 Å². The summed E-state index contributed by atoms with van der Waals surface area (Å²) in [5.74, 6) is 0.892. The molecule has 1 unspecified atom stereocenters. The highest BCUT2D eigenvalue weighted by Crippen LogP contribution is 2.41. The van der Waals surface area contributed by atoms with Crippen LogP contribution in [0.3, 0.4) is 0 Å². The Kier molecular flexibility index (Phi) is 5.51. The van der Waals surface area contributed by atoms with Gasteiger partial charge in [-0.25, -0.2) is 0 Å². The Balaban J connectivity index is 2.34. The molecule has 0 bridgehead atoms. The second-order valence-corrected chi connectivity index (χ2v) is 6.06. The monoisotopic (exact) mass is 224 g/mol. The number of rotatable bonds is 6. The predicted octanol–water partition coefficient (Wildman–Crippen LogP) is 4.74. The Morgan fingerprint density at radius 1 is 1.19 bits per heavy atom. The van der Waals surface area contributed by atoms with E-state index in [1.54, 1.807) is 0 Å². The molecule has 16 heavy (non-hydrogen) atoms. The largest absolute Gasteiger partial charge is 0.299 e. The van der Waals surface area contributed by atoms with E-state index in [1.807, 2.05) is 0 Å². The second kappa shape index (κ2) is 6.42. The average Bonchev–Trinajstić information content (AvgIpc) is 2.23. The molecule has 0 saturated heterocycles. The van der Waals surface area contributed by atoms with Crippen molar-refractivity contribution in [1.82, 2.24) is 0 Å². The van der Waals surface area contributed by atoms with Gasteiger partial charge in [0.25, 0.3) is 0 Å². The molecule has 0 amide bonds. The van der Waals surface area contributed by atoms with Crippen molar-refractivity contribution < 1.29 is 4.79 Å². The van der Waals surface area contributed by atoms with Crippen LogP contribution in [0.1, 0.15) is 78.6 Å². The summed E-state index contributed by atoms with van der Waals surface area (Å²) in [5, 5.41) is 0. The molecule has 0 radical (unpaired) electrons. The fourth-order valence-electron chi connectivity index (χ4n) is 2.99.